The van der Waals surface area contributed by atoms with Gasteiger partial charge in [-0.3, -0.25) is 0 Å². The number of rotatable bonds is 1. The van der Waals surface area contributed by atoms with Gasteiger partial charge in [-0.2, -0.15) is 13.2 Å². The first-order valence-electron chi connectivity index (χ1n) is 5.46. The third kappa shape index (κ3) is 3.23. The average molecular weight is 287 g/mol. The molecule has 0 unspecified atom stereocenters. The molecule has 2 aromatic rings. The van der Waals surface area contributed by atoms with Gasteiger partial charge in [-0.1, -0.05) is 17.2 Å². The second-order valence-electron chi connectivity index (χ2n) is 4.28. The van der Waals surface area contributed by atoms with E-state index in [0.29, 0.717) is 5.56 Å². The molecule has 1 aromatic carbocycles. The maximum atomic E-state index is 12.7. The minimum Gasteiger partial charge on any atom is -0.218 e. The van der Waals surface area contributed by atoms with E-state index in [1.165, 1.54) is 0 Å². The lowest BCUT2D eigenvalue weighted by Crippen LogP contribution is -2.09. The molecule has 0 bridgehead atoms. The molecule has 0 N–H and O–H groups in total. The van der Waals surface area contributed by atoms with E-state index < -0.39 is 17.2 Å². The number of aromatic nitrogens is 2. The molecular weight excluding hydrogens is 277 g/mol. The van der Waals surface area contributed by atoms with Crippen LogP contribution in [0.5, 0.6) is 0 Å². The van der Waals surface area contributed by atoms with Gasteiger partial charge in [0, 0.05) is 5.56 Å². The zero-order chi connectivity index (χ0) is 14.2. The van der Waals surface area contributed by atoms with Crippen LogP contribution in [0.4, 0.5) is 13.2 Å². The van der Waals surface area contributed by atoms with Gasteiger partial charge in [-0.15, -0.1) is 0 Å². The van der Waals surface area contributed by atoms with Crippen LogP contribution in [0, 0.1) is 13.8 Å². The summed E-state index contributed by atoms with van der Waals surface area (Å²) in [5, 5.41) is -0.413. The number of nitrogens with zero attached hydrogens (tertiary/aromatic N) is 2. The van der Waals surface area contributed by atoms with E-state index in [4.69, 9.17) is 11.6 Å². The highest BCUT2D eigenvalue weighted by Gasteiger charge is 2.33. The third-order valence-electron chi connectivity index (χ3n) is 2.51. The molecule has 0 aliphatic rings. The van der Waals surface area contributed by atoms with Crippen LogP contribution in [0.2, 0.25) is 5.28 Å². The Hall–Kier alpha value is -1.62. The van der Waals surface area contributed by atoms with Gasteiger partial charge in [0.15, 0.2) is 0 Å². The minimum atomic E-state index is -4.54. The van der Waals surface area contributed by atoms with Gasteiger partial charge in [-0.25, -0.2) is 9.97 Å². The number of hydrogen-bond donors (Lipinski definition) is 0. The normalized spacial score (nSPS) is 11.7. The number of benzene rings is 1. The lowest BCUT2D eigenvalue weighted by Gasteiger charge is -2.09. The van der Waals surface area contributed by atoms with Crippen molar-refractivity contribution in [3.05, 3.63) is 46.4 Å². The molecular formula is C13H10ClF3N2. The topological polar surface area (TPSA) is 25.8 Å². The highest BCUT2D eigenvalue weighted by molar-refractivity contribution is 6.28. The number of hydrogen-bond acceptors (Lipinski definition) is 2. The number of halogens is 4. The number of alkyl halides is 3. The van der Waals surface area contributed by atoms with Gasteiger partial charge < -0.3 is 0 Å². The van der Waals surface area contributed by atoms with Gasteiger partial charge >= 0.3 is 6.18 Å². The van der Waals surface area contributed by atoms with Crippen molar-refractivity contribution >= 4 is 11.6 Å². The molecule has 0 amide bonds. The lowest BCUT2D eigenvalue weighted by atomic mass is 10.0. The van der Waals surface area contributed by atoms with Crippen molar-refractivity contribution in [2.75, 3.05) is 0 Å². The van der Waals surface area contributed by atoms with Crippen molar-refractivity contribution in [3.8, 4) is 11.3 Å². The Labute approximate surface area is 113 Å². The first kappa shape index (κ1) is 13.8. The SMILES string of the molecule is Cc1cc(C)cc(-c2cc(C(F)(F)F)nc(Cl)n2)c1. The first-order valence-corrected chi connectivity index (χ1v) is 5.84. The fourth-order valence-corrected chi connectivity index (χ4v) is 2.02. The molecule has 0 spiro atoms. The summed E-state index contributed by atoms with van der Waals surface area (Å²) in [6.07, 6.45) is -4.54. The van der Waals surface area contributed by atoms with E-state index in [9.17, 15) is 13.2 Å². The zero-order valence-electron chi connectivity index (χ0n) is 10.2. The van der Waals surface area contributed by atoms with E-state index in [2.05, 4.69) is 9.97 Å². The molecule has 0 atom stereocenters. The van der Waals surface area contributed by atoms with E-state index in [1.807, 2.05) is 19.9 Å². The summed E-state index contributed by atoms with van der Waals surface area (Å²) in [6, 6.07) is 6.34. The maximum absolute atomic E-state index is 12.7. The Morgan fingerprint density at radius 1 is 0.947 bits per heavy atom. The van der Waals surface area contributed by atoms with Crippen molar-refractivity contribution in [2.45, 2.75) is 20.0 Å². The van der Waals surface area contributed by atoms with E-state index in [1.54, 1.807) is 12.1 Å². The van der Waals surface area contributed by atoms with Crippen molar-refractivity contribution < 1.29 is 13.2 Å². The molecule has 0 aliphatic heterocycles. The van der Waals surface area contributed by atoms with E-state index in [0.717, 1.165) is 17.2 Å². The summed E-state index contributed by atoms with van der Waals surface area (Å²) < 4.78 is 38.0. The van der Waals surface area contributed by atoms with Crippen molar-refractivity contribution in [2.24, 2.45) is 0 Å². The Balaban J connectivity index is 2.59. The Morgan fingerprint density at radius 2 is 1.53 bits per heavy atom. The summed E-state index contributed by atoms with van der Waals surface area (Å²) in [4.78, 5) is 7.06. The van der Waals surface area contributed by atoms with Crippen LogP contribution in [0.25, 0.3) is 11.3 Å². The molecule has 2 rings (SSSR count). The van der Waals surface area contributed by atoms with Gasteiger partial charge in [0.25, 0.3) is 0 Å². The van der Waals surface area contributed by atoms with Crippen LogP contribution < -0.4 is 0 Å². The Bertz CT molecular complexity index is 604. The van der Waals surface area contributed by atoms with Gasteiger partial charge in [0.1, 0.15) is 5.69 Å². The fourth-order valence-electron chi connectivity index (χ4n) is 1.83. The highest BCUT2D eigenvalue weighted by atomic mass is 35.5. The largest absolute Gasteiger partial charge is 0.433 e. The predicted molar refractivity (Wildman–Crippen MR) is 67.0 cm³/mol. The summed E-state index contributed by atoms with van der Waals surface area (Å²) >= 11 is 5.56. The summed E-state index contributed by atoms with van der Waals surface area (Å²) in [5.41, 5.74) is 1.60. The molecule has 2 nitrogen and oxygen atoms in total. The lowest BCUT2D eigenvalue weighted by molar-refractivity contribution is -0.141. The van der Waals surface area contributed by atoms with Crippen LogP contribution >= 0.6 is 11.6 Å². The first-order chi connectivity index (χ1) is 8.75. The highest BCUT2D eigenvalue weighted by Crippen LogP contribution is 2.31. The van der Waals surface area contributed by atoms with Gasteiger partial charge in [0.2, 0.25) is 5.28 Å². The Morgan fingerprint density at radius 3 is 2.05 bits per heavy atom. The van der Waals surface area contributed by atoms with Crippen molar-refractivity contribution in [1.29, 1.82) is 0 Å². The van der Waals surface area contributed by atoms with Crippen LogP contribution in [-0.2, 0) is 6.18 Å². The number of aryl methyl sites for hydroxylation is 2. The molecule has 6 heteroatoms. The van der Waals surface area contributed by atoms with Crippen molar-refractivity contribution in [1.82, 2.24) is 9.97 Å². The van der Waals surface area contributed by atoms with Crippen LogP contribution in [0.15, 0.2) is 24.3 Å². The zero-order valence-corrected chi connectivity index (χ0v) is 11.0. The van der Waals surface area contributed by atoms with Crippen LogP contribution in [0.1, 0.15) is 16.8 Å². The summed E-state index contributed by atoms with van der Waals surface area (Å²) in [7, 11) is 0. The molecule has 100 valence electrons. The monoisotopic (exact) mass is 286 g/mol. The van der Waals surface area contributed by atoms with Crippen LogP contribution in [0.3, 0.4) is 0 Å². The third-order valence-corrected chi connectivity index (χ3v) is 2.68. The van der Waals surface area contributed by atoms with Gasteiger partial charge in [0.05, 0.1) is 5.69 Å². The van der Waals surface area contributed by atoms with Crippen molar-refractivity contribution in [3.63, 3.8) is 0 Å². The standard InChI is InChI=1S/C13H10ClF3N2/c1-7-3-8(2)5-9(4-7)10-6-11(13(15,16)17)19-12(14)18-10/h3-6H,1-2H3. The van der Waals surface area contributed by atoms with E-state index >= 15 is 0 Å². The summed E-state index contributed by atoms with van der Waals surface area (Å²) in [5.74, 6) is 0. The van der Waals surface area contributed by atoms with Crippen LogP contribution in [-0.4, -0.2) is 9.97 Å². The summed E-state index contributed by atoms with van der Waals surface area (Å²) in [6.45, 7) is 3.73. The molecule has 19 heavy (non-hydrogen) atoms. The second kappa shape index (κ2) is 4.81. The quantitative estimate of drug-likeness (QED) is 0.725. The molecule has 0 saturated carbocycles. The maximum Gasteiger partial charge on any atom is 0.433 e. The smallest absolute Gasteiger partial charge is 0.218 e. The molecule has 0 saturated heterocycles. The second-order valence-corrected chi connectivity index (χ2v) is 4.62. The average Bonchev–Trinajstić information content (AvgIpc) is 2.25. The molecule has 0 radical (unpaired) electrons. The Kier molecular flexibility index (Phi) is 3.49. The molecule has 0 fully saturated rings. The molecule has 1 aromatic heterocycles. The molecule has 1 heterocycles. The molecule has 0 aliphatic carbocycles. The van der Waals surface area contributed by atoms with E-state index in [-0.39, 0.29) is 5.69 Å². The minimum absolute atomic E-state index is 0.166. The predicted octanol–water partition coefficient (Wildman–Crippen LogP) is 4.43. The fraction of sp³-hybridized carbons (Fsp3) is 0.231. The van der Waals surface area contributed by atoms with Gasteiger partial charge in [-0.05, 0) is 43.6 Å².